The third-order valence-electron chi connectivity index (χ3n) is 6.15. The molecule has 26 heavy (non-hydrogen) atoms. The molecule has 1 fully saturated rings. The number of aliphatic hydroxyl groups is 1. The summed E-state index contributed by atoms with van der Waals surface area (Å²) in [6, 6.07) is 4.23. The molecule has 0 aromatic heterocycles. The number of likely N-dealkylation sites (tertiary alicyclic amines) is 1. The van der Waals surface area contributed by atoms with Crippen LogP contribution in [0.3, 0.4) is 0 Å². The third kappa shape index (κ3) is 2.47. The molecule has 8 heteroatoms. The molecule has 2 bridgehead atoms. The minimum Gasteiger partial charge on any atom is -0.504 e. The van der Waals surface area contributed by atoms with E-state index in [2.05, 4.69) is 18.0 Å². The zero-order valence-electron chi connectivity index (χ0n) is 14.7. The van der Waals surface area contributed by atoms with Crippen molar-refractivity contribution in [3.05, 3.63) is 35.4 Å². The lowest BCUT2D eigenvalue weighted by Gasteiger charge is -2.56. The minimum atomic E-state index is -3.67. The number of aromatic hydroxyl groups is 1. The Hall–Kier alpha value is -1.61. The van der Waals surface area contributed by atoms with Crippen LogP contribution in [0, 0.1) is 5.92 Å². The topological polar surface area (TPSA) is 107 Å². The van der Waals surface area contributed by atoms with Crippen molar-refractivity contribution in [3.63, 3.8) is 0 Å². The summed E-state index contributed by atoms with van der Waals surface area (Å²) < 4.78 is 32.0. The molecule has 142 valence electrons. The molecule has 5 rings (SSSR count). The van der Waals surface area contributed by atoms with Crippen molar-refractivity contribution in [2.45, 2.75) is 36.5 Å². The van der Waals surface area contributed by atoms with Crippen LogP contribution in [0.15, 0.2) is 24.3 Å². The van der Waals surface area contributed by atoms with Gasteiger partial charge in [-0.2, -0.15) is 8.42 Å². The molecule has 0 unspecified atom stereocenters. The normalized spacial score (nSPS) is 36.6. The Kier molecular flexibility index (Phi) is 3.89. The van der Waals surface area contributed by atoms with E-state index >= 15 is 0 Å². The third-order valence-corrected chi connectivity index (χ3v) is 6.15. The van der Waals surface area contributed by atoms with Crippen LogP contribution >= 0.6 is 0 Å². The minimum absolute atomic E-state index is 0.160. The highest BCUT2D eigenvalue weighted by molar-refractivity contribution is 7.85. The van der Waals surface area contributed by atoms with Crippen LogP contribution in [0.5, 0.6) is 11.5 Å². The maximum atomic E-state index is 10.4. The lowest BCUT2D eigenvalue weighted by Crippen LogP contribution is -2.64. The van der Waals surface area contributed by atoms with E-state index in [4.69, 9.17) is 9.29 Å². The van der Waals surface area contributed by atoms with Gasteiger partial charge in [0.25, 0.3) is 10.1 Å². The quantitative estimate of drug-likeness (QED) is 0.449. The number of ether oxygens (including phenoxy) is 1. The Morgan fingerprint density at radius 3 is 2.69 bits per heavy atom. The SMILES string of the molecule is CN1CC[C@]23c4c5ccc(O)c4O[C@H]2[C@@H](O)C=C[C@H]3[C@H]1C5.CS(=O)(=O)O. The molecular formula is C18H23NO6S. The average molecular weight is 381 g/mol. The van der Waals surface area contributed by atoms with Gasteiger partial charge in [0.2, 0.25) is 0 Å². The summed E-state index contributed by atoms with van der Waals surface area (Å²) >= 11 is 0. The fourth-order valence-electron chi connectivity index (χ4n) is 5.24. The van der Waals surface area contributed by atoms with Gasteiger partial charge in [-0.05, 0) is 38.1 Å². The zero-order chi connectivity index (χ0) is 18.9. The molecule has 1 aromatic rings. The first-order chi connectivity index (χ1) is 12.1. The fourth-order valence-corrected chi connectivity index (χ4v) is 5.24. The van der Waals surface area contributed by atoms with Crippen LogP contribution in [-0.2, 0) is 22.0 Å². The van der Waals surface area contributed by atoms with E-state index in [1.54, 1.807) is 6.07 Å². The Balaban J connectivity index is 0.000000301. The monoisotopic (exact) mass is 381 g/mol. The van der Waals surface area contributed by atoms with Crippen molar-refractivity contribution in [1.82, 2.24) is 4.90 Å². The highest BCUT2D eigenvalue weighted by Crippen LogP contribution is 2.62. The lowest BCUT2D eigenvalue weighted by atomic mass is 9.53. The Morgan fingerprint density at radius 1 is 1.31 bits per heavy atom. The number of nitrogens with zero attached hydrogens (tertiary/aromatic N) is 1. The van der Waals surface area contributed by atoms with E-state index in [1.807, 2.05) is 12.1 Å². The second-order valence-corrected chi connectivity index (χ2v) is 9.13. The van der Waals surface area contributed by atoms with Gasteiger partial charge in [-0.3, -0.25) is 4.55 Å². The fraction of sp³-hybridized carbons (Fsp3) is 0.556. The van der Waals surface area contributed by atoms with E-state index in [0.717, 1.165) is 19.4 Å². The number of hydrogen-bond donors (Lipinski definition) is 3. The molecule has 0 saturated carbocycles. The molecule has 0 amide bonds. The standard InChI is InChI=1S/C17H19NO3.CH4O3S/c1-18-7-6-17-10-3-5-13(20)16(17)21-15-12(19)4-2-9(14(15)17)8-11(10)18;1-5(2,3)4/h2-5,10-11,13,16,19-20H,6-8H2,1H3;1H3,(H,2,3,4)/t10-,11+,13-,16-,17-;/m0./s1. The second kappa shape index (κ2) is 5.69. The first-order valence-electron chi connectivity index (χ1n) is 8.64. The number of benzene rings is 1. The van der Waals surface area contributed by atoms with E-state index in [0.29, 0.717) is 24.0 Å². The van der Waals surface area contributed by atoms with Crippen molar-refractivity contribution in [1.29, 1.82) is 0 Å². The van der Waals surface area contributed by atoms with E-state index in [1.165, 1.54) is 11.1 Å². The highest BCUT2D eigenvalue weighted by Gasteiger charge is 2.64. The van der Waals surface area contributed by atoms with Gasteiger partial charge in [0, 0.05) is 22.9 Å². The lowest BCUT2D eigenvalue weighted by molar-refractivity contribution is -0.0453. The first-order valence-corrected chi connectivity index (χ1v) is 10.5. The summed E-state index contributed by atoms with van der Waals surface area (Å²) in [6.07, 6.45) is 5.89. The van der Waals surface area contributed by atoms with Crippen LogP contribution < -0.4 is 4.74 Å². The molecule has 1 spiro atoms. The average Bonchev–Trinajstić information content (AvgIpc) is 2.89. The molecule has 2 aliphatic heterocycles. The van der Waals surface area contributed by atoms with Gasteiger partial charge in [0.05, 0.1) is 6.26 Å². The molecule has 3 N–H and O–H groups in total. The number of phenolic OH excluding ortho intramolecular Hbond substituents is 1. The molecule has 2 aliphatic carbocycles. The molecule has 4 aliphatic rings. The summed E-state index contributed by atoms with van der Waals surface area (Å²) in [5.41, 5.74) is 2.29. The van der Waals surface area contributed by atoms with Crippen LogP contribution in [0.4, 0.5) is 0 Å². The van der Waals surface area contributed by atoms with E-state index in [-0.39, 0.29) is 17.3 Å². The van der Waals surface area contributed by atoms with Crippen molar-refractivity contribution in [2.24, 2.45) is 5.92 Å². The molecule has 1 saturated heterocycles. The number of likely N-dealkylation sites (N-methyl/N-ethyl adjacent to an activating group) is 1. The van der Waals surface area contributed by atoms with Crippen LogP contribution in [0.25, 0.3) is 0 Å². The van der Waals surface area contributed by atoms with Gasteiger partial charge >= 0.3 is 0 Å². The van der Waals surface area contributed by atoms with Gasteiger partial charge < -0.3 is 19.8 Å². The predicted molar refractivity (Wildman–Crippen MR) is 95.0 cm³/mol. The van der Waals surface area contributed by atoms with Crippen LogP contribution in [-0.4, -0.2) is 66.2 Å². The summed E-state index contributed by atoms with van der Waals surface area (Å²) in [7, 11) is -1.48. The highest BCUT2D eigenvalue weighted by atomic mass is 32.2. The number of hydrogen-bond acceptors (Lipinski definition) is 6. The van der Waals surface area contributed by atoms with Crippen molar-refractivity contribution in [3.8, 4) is 11.5 Å². The summed E-state index contributed by atoms with van der Waals surface area (Å²) in [5, 5.41) is 20.6. The van der Waals surface area contributed by atoms with Crippen LogP contribution in [0.2, 0.25) is 0 Å². The van der Waals surface area contributed by atoms with Gasteiger partial charge in [0.1, 0.15) is 12.2 Å². The maximum Gasteiger partial charge on any atom is 0.261 e. The summed E-state index contributed by atoms with van der Waals surface area (Å²) in [6.45, 7) is 1.01. The van der Waals surface area contributed by atoms with Gasteiger partial charge in [-0.1, -0.05) is 18.2 Å². The van der Waals surface area contributed by atoms with Crippen molar-refractivity contribution < 1.29 is 27.9 Å². The van der Waals surface area contributed by atoms with Crippen molar-refractivity contribution >= 4 is 10.1 Å². The molecule has 7 nitrogen and oxygen atoms in total. The first kappa shape index (κ1) is 17.8. The number of piperidine rings is 1. The van der Waals surface area contributed by atoms with E-state index in [9.17, 15) is 18.6 Å². The number of aliphatic hydroxyl groups excluding tert-OH is 1. The number of phenols is 1. The zero-order valence-corrected chi connectivity index (χ0v) is 15.5. The smallest absolute Gasteiger partial charge is 0.261 e. The molecule has 0 radical (unpaired) electrons. The van der Waals surface area contributed by atoms with Gasteiger partial charge in [-0.15, -0.1) is 0 Å². The maximum absolute atomic E-state index is 10.4. The Morgan fingerprint density at radius 2 is 2.00 bits per heavy atom. The summed E-state index contributed by atoms with van der Waals surface area (Å²) in [5.74, 6) is 1.19. The van der Waals surface area contributed by atoms with Gasteiger partial charge in [0.15, 0.2) is 11.5 Å². The van der Waals surface area contributed by atoms with Gasteiger partial charge in [-0.25, -0.2) is 0 Å². The largest absolute Gasteiger partial charge is 0.504 e. The summed E-state index contributed by atoms with van der Waals surface area (Å²) in [4.78, 5) is 2.43. The van der Waals surface area contributed by atoms with E-state index < -0.39 is 16.2 Å². The Labute approximate surface area is 152 Å². The molecule has 2 heterocycles. The predicted octanol–water partition coefficient (Wildman–Crippen LogP) is 0.702. The number of rotatable bonds is 0. The molecule has 5 atom stereocenters. The Bertz CT molecular complexity index is 874. The van der Waals surface area contributed by atoms with Crippen molar-refractivity contribution in [2.75, 3.05) is 19.8 Å². The second-order valence-electron chi connectivity index (χ2n) is 7.66. The molecule has 1 aromatic carbocycles. The van der Waals surface area contributed by atoms with Crippen LogP contribution in [0.1, 0.15) is 17.5 Å². The molecular weight excluding hydrogens is 358 g/mol.